The minimum atomic E-state index is -0.455. The van der Waals surface area contributed by atoms with E-state index in [1.54, 1.807) is 12.1 Å². The summed E-state index contributed by atoms with van der Waals surface area (Å²) in [7, 11) is 0. The number of carbonyl (C=O) groups is 1. The van der Waals surface area contributed by atoms with Crippen LogP contribution in [0.25, 0.3) is 0 Å². The maximum absolute atomic E-state index is 13.2. The van der Waals surface area contributed by atoms with Gasteiger partial charge in [-0.15, -0.1) is 0 Å². The molecule has 1 aliphatic carbocycles. The fourth-order valence-electron chi connectivity index (χ4n) is 3.90. The molecule has 1 amide bonds. The number of hydrogen-bond donors (Lipinski definition) is 0. The van der Waals surface area contributed by atoms with Crippen LogP contribution in [0.5, 0.6) is 0 Å². The molecule has 2 aromatic carbocycles. The van der Waals surface area contributed by atoms with Crippen LogP contribution in [0, 0.1) is 10.1 Å². The minimum absolute atomic E-state index is 0.0444. The van der Waals surface area contributed by atoms with Gasteiger partial charge in [-0.05, 0) is 30.9 Å². The number of benzene rings is 2. The number of rotatable bonds is 5. The van der Waals surface area contributed by atoms with E-state index in [1.807, 2.05) is 23.1 Å². The monoisotopic (exact) mass is 365 g/mol. The zero-order chi connectivity index (χ0) is 18.8. The van der Waals surface area contributed by atoms with Gasteiger partial charge in [-0.1, -0.05) is 36.4 Å². The average molecular weight is 365 g/mol. The average Bonchev–Trinajstić information content (AvgIpc) is 3.54. The van der Waals surface area contributed by atoms with Gasteiger partial charge >= 0.3 is 0 Å². The summed E-state index contributed by atoms with van der Waals surface area (Å²) in [6.45, 7) is 2.40. The Morgan fingerprint density at radius 2 is 1.85 bits per heavy atom. The molecule has 0 bridgehead atoms. The van der Waals surface area contributed by atoms with E-state index in [-0.39, 0.29) is 17.6 Å². The van der Waals surface area contributed by atoms with Gasteiger partial charge in [-0.3, -0.25) is 19.8 Å². The standard InChI is InChI=1S/C21H23N3O3/c25-21(17-7-4-8-19(14-17)24(26)27)23-12-11-22(18-9-10-18)15-20(23)13-16-5-2-1-3-6-16/h1-8,14,18,20H,9-13,15H2. The number of non-ortho nitro benzene ring substituents is 1. The first-order chi connectivity index (χ1) is 13.1. The molecule has 1 atom stereocenters. The van der Waals surface area contributed by atoms with Gasteiger partial charge in [-0.25, -0.2) is 0 Å². The summed E-state index contributed by atoms with van der Waals surface area (Å²) in [5.74, 6) is -0.116. The highest BCUT2D eigenvalue weighted by Crippen LogP contribution is 2.30. The van der Waals surface area contributed by atoms with Crippen molar-refractivity contribution in [2.24, 2.45) is 0 Å². The van der Waals surface area contributed by atoms with Crippen molar-refractivity contribution in [2.75, 3.05) is 19.6 Å². The molecule has 27 heavy (non-hydrogen) atoms. The van der Waals surface area contributed by atoms with Crippen LogP contribution in [-0.4, -0.2) is 52.3 Å². The highest BCUT2D eigenvalue weighted by atomic mass is 16.6. The molecule has 6 heteroatoms. The van der Waals surface area contributed by atoms with Crippen LogP contribution in [-0.2, 0) is 6.42 Å². The SMILES string of the molecule is O=C(c1cccc([N+](=O)[O-])c1)N1CCN(C2CC2)CC1Cc1ccccc1. The van der Waals surface area contributed by atoms with Crippen molar-refractivity contribution in [1.82, 2.24) is 9.80 Å². The van der Waals surface area contributed by atoms with E-state index in [4.69, 9.17) is 0 Å². The lowest BCUT2D eigenvalue weighted by molar-refractivity contribution is -0.384. The van der Waals surface area contributed by atoms with Crippen LogP contribution in [0.15, 0.2) is 54.6 Å². The Balaban J connectivity index is 1.57. The smallest absolute Gasteiger partial charge is 0.270 e. The van der Waals surface area contributed by atoms with Crippen molar-refractivity contribution in [3.63, 3.8) is 0 Å². The number of hydrogen-bond acceptors (Lipinski definition) is 4. The van der Waals surface area contributed by atoms with Crippen LogP contribution in [0.4, 0.5) is 5.69 Å². The van der Waals surface area contributed by atoms with Gasteiger partial charge in [0.15, 0.2) is 0 Å². The number of carbonyl (C=O) groups excluding carboxylic acids is 1. The number of nitro benzene ring substituents is 1. The van der Waals surface area contributed by atoms with E-state index in [0.29, 0.717) is 18.2 Å². The van der Waals surface area contributed by atoms with Gasteiger partial charge < -0.3 is 4.90 Å². The van der Waals surface area contributed by atoms with Crippen molar-refractivity contribution in [3.8, 4) is 0 Å². The number of nitro groups is 1. The molecule has 1 saturated carbocycles. The first kappa shape index (κ1) is 17.7. The van der Waals surface area contributed by atoms with E-state index in [0.717, 1.165) is 19.5 Å². The van der Waals surface area contributed by atoms with Crippen LogP contribution in [0.3, 0.4) is 0 Å². The van der Waals surface area contributed by atoms with E-state index in [2.05, 4.69) is 17.0 Å². The van der Waals surface area contributed by atoms with E-state index < -0.39 is 4.92 Å². The Morgan fingerprint density at radius 3 is 2.56 bits per heavy atom. The molecule has 0 aromatic heterocycles. The normalized spacial score (nSPS) is 20.4. The molecule has 2 fully saturated rings. The number of piperazine rings is 1. The lowest BCUT2D eigenvalue weighted by atomic mass is 10.0. The molecule has 0 N–H and O–H groups in total. The predicted molar refractivity (Wildman–Crippen MR) is 103 cm³/mol. The van der Waals surface area contributed by atoms with Crippen LogP contribution >= 0.6 is 0 Å². The molecular formula is C21H23N3O3. The van der Waals surface area contributed by atoms with E-state index in [9.17, 15) is 14.9 Å². The topological polar surface area (TPSA) is 66.7 Å². The fourth-order valence-corrected chi connectivity index (χ4v) is 3.90. The molecule has 1 unspecified atom stereocenters. The summed E-state index contributed by atoms with van der Waals surface area (Å²) in [4.78, 5) is 28.2. The summed E-state index contributed by atoms with van der Waals surface area (Å²) in [6, 6.07) is 17.0. The lowest BCUT2D eigenvalue weighted by Gasteiger charge is -2.42. The molecule has 1 aliphatic heterocycles. The Labute approximate surface area is 158 Å². The number of amides is 1. The van der Waals surface area contributed by atoms with Gasteiger partial charge in [0, 0.05) is 49.4 Å². The first-order valence-corrected chi connectivity index (χ1v) is 9.45. The summed E-state index contributed by atoms with van der Waals surface area (Å²) in [5.41, 5.74) is 1.55. The fraction of sp³-hybridized carbons (Fsp3) is 0.381. The van der Waals surface area contributed by atoms with Crippen molar-refractivity contribution >= 4 is 11.6 Å². The van der Waals surface area contributed by atoms with Crippen molar-refractivity contribution < 1.29 is 9.72 Å². The summed E-state index contributed by atoms with van der Waals surface area (Å²) >= 11 is 0. The van der Waals surface area contributed by atoms with Crippen molar-refractivity contribution in [1.29, 1.82) is 0 Å². The summed E-state index contributed by atoms with van der Waals surface area (Å²) in [5, 5.41) is 11.1. The second-order valence-electron chi connectivity index (χ2n) is 7.38. The maximum Gasteiger partial charge on any atom is 0.270 e. The van der Waals surface area contributed by atoms with Gasteiger partial charge in [0.2, 0.25) is 0 Å². The first-order valence-electron chi connectivity index (χ1n) is 9.45. The molecule has 0 spiro atoms. The molecule has 6 nitrogen and oxygen atoms in total. The highest BCUT2D eigenvalue weighted by Gasteiger charge is 2.37. The highest BCUT2D eigenvalue weighted by molar-refractivity contribution is 5.95. The molecule has 140 valence electrons. The molecular weight excluding hydrogens is 342 g/mol. The third kappa shape index (κ3) is 4.01. The second kappa shape index (κ2) is 7.48. The largest absolute Gasteiger partial charge is 0.333 e. The van der Waals surface area contributed by atoms with Crippen LogP contribution in [0.1, 0.15) is 28.8 Å². The van der Waals surface area contributed by atoms with Crippen LogP contribution < -0.4 is 0 Å². The minimum Gasteiger partial charge on any atom is -0.333 e. The quantitative estimate of drug-likeness (QED) is 0.603. The second-order valence-corrected chi connectivity index (χ2v) is 7.38. The Hall–Kier alpha value is -2.73. The number of nitrogens with zero attached hydrogens (tertiary/aromatic N) is 3. The predicted octanol–water partition coefficient (Wildman–Crippen LogP) is 3.13. The molecule has 1 heterocycles. The Kier molecular flexibility index (Phi) is 4.90. The molecule has 2 aliphatic rings. The Morgan fingerprint density at radius 1 is 1.07 bits per heavy atom. The molecule has 2 aromatic rings. The Bertz CT molecular complexity index is 836. The summed E-state index contributed by atoms with van der Waals surface area (Å²) < 4.78 is 0. The van der Waals surface area contributed by atoms with Gasteiger partial charge in [0.25, 0.3) is 11.6 Å². The zero-order valence-corrected chi connectivity index (χ0v) is 15.2. The third-order valence-electron chi connectivity index (χ3n) is 5.46. The molecule has 4 rings (SSSR count). The van der Waals surface area contributed by atoms with Crippen molar-refractivity contribution in [3.05, 3.63) is 75.8 Å². The third-order valence-corrected chi connectivity index (χ3v) is 5.46. The van der Waals surface area contributed by atoms with E-state index in [1.165, 1.54) is 30.5 Å². The molecule has 0 radical (unpaired) electrons. The zero-order valence-electron chi connectivity index (χ0n) is 15.2. The van der Waals surface area contributed by atoms with Crippen molar-refractivity contribution in [2.45, 2.75) is 31.3 Å². The lowest BCUT2D eigenvalue weighted by Crippen LogP contribution is -2.56. The van der Waals surface area contributed by atoms with Gasteiger partial charge in [0.05, 0.1) is 4.92 Å². The summed E-state index contributed by atoms with van der Waals surface area (Å²) in [6.07, 6.45) is 3.29. The molecule has 1 saturated heterocycles. The van der Waals surface area contributed by atoms with Gasteiger partial charge in [0.1, 0.15) is 0 Å². The van der Waals surface area contributed by atoms with Crippen LogP contribution in [0.2, 0.25) is 0 Å². The van der Waals surface area contributed by atoms with Gasteiger partial charge in [-0.2, -0.15) is 0 Å². The maximum atomic E-state index is 13.2. The van der Waals surface area contributed by atoms with E-state index >= 15 is 0 Å².